The van der Waals surface area contributed by atoms with Crippen LogP contribution < -0.4 is 15.5 Å². The van der Waals surface area contributed by atoms with Gasteiger partial charge in [0.25, 0.3) is 5.91 Å². The lowest BCUT2D eigenvalue weighted by Gasteiger charge is -2.16. The molecule has 0 spiro atoms. The minimum atomic E-state index is -0.376. The van der Waals surface area contributed by atoms with Gasteiger partial charge < -0.3 is 15.5 Å². The van der Waals surface area contributed by atoms with Gasteiger partial charge in [0.15, 0.2) is 0 Å². The predicted molar refractivity (Wildman–Crippen MR) is 96.5 cm³/mol. The van der Waals surface area contributed by atoms with E-state index in [2.05, 4.69) is 15.6 Å². The molecule has 134 valence electrons. The maximum Gasteiger partial charge on any atom is 0.251 e. The summed E-state index contributed by atoms with van der Waals surface area (Å²) in [6.07, 6.45) is 3.29. The first kappa shape index (κ1) is 17.6. The molecule has 1 fully saturated rings. The van der Waals surface area contributed by atoms with E-state index in [0.29, 0.717) is 25.2 Å². The van der Waals surface area contributed by atoms with E-state index in [9.17, 15) is 14.4 Å². The molecular weight excluding hydrogens is 332 g/mol. The number of rotatable bonds is 6. The third kappa shape index (κ3) is 4.24. The lowest BCUT2D eigenvalue weighted by Crippen LogP contribution is -2.38. The van der Waals surface area contributed by atoms with Gasteiger partial charge in [0.1, 0.15) is 0 Å². The Hall–Kier alpha value is -3.22. The summed E-state index contributed by atoms with van der Waals surface area (Å²) in [5.41, 5.74) is 1.32. The van der Waals surface area contributed by atoms with Gasteiger partial charge in [-0.15, -0.1) is 0 Å². The lowest BCUT2D eigenvalue weighted by atomic mass is 10.1. The highest BCUT2D eigenvalue weighted by molar-refractivity contribution is 6.00. The largest absolute Gasteiger partial charge is 0.354 e. The molecule has 0 saturated carbocycles. The van der Waals surface area contributed by atoms with Gasteiger partial charge in [-0.25, -0.2) is 0 Å². The van der Waals surface area contributed by atoms with Crippen molar-refractivity contribution in [3.63, 3.8) is 0 Å². The van der Waals surface area contributed by atoms with Crippen molar-refractivity contribution in [2.24, 2.45) is 5.92 Å². The molecule has 1 saturated heterocycles. The summed E-state index contributed by atoms with van der Waals surface area (Å²) in [4.78, 5) is 41.8. The van der Waals surface area contributed by atoms with Crippen molar-refractivity contribution in [2.75, 3.05) is 24.5 Å². The number of nitrogens with one attached hydrogen (secondary N) is 2. The molecule has 1 aliphatic rings. The molecule has 1 unspecified atom stereocenters. The summed E-state index contributed by atoms with van der Waals surface area (Å²) in [5.74, 6) is -0.816. The highest BCUT2D eigenvalue weighted by atomic mass is 16.2. The molecule has 0 bridgehead atoms. The fourth-order valence-electron chi connectivity index (χ4n) is 2.85. The van der Waals surface area contributed by atoms with Gasteiger partial charge in [0.2, 0.25) is 11.8 Å². The number of para-hydroxylation sites is 1. The second-order valence-electron chi connectivity index (χ2n) is 6.02. The Kier molecular flexibility index (Phi) is 5.58. The third-order valence-corrected chi connectivity index (χ3v) is 4.22. The molecule has 2 N–H and O–H groups in total. The second kappa shape index (κ2) is 8.24. The number of carbonyl (C=O) groups is 3. The molecule has 2 aromatic rings. The minimum absolute atomic E-state index is 0.0534. The maximum absolute atomic E-state index is 12.3. The van der Waals surface area contributed by atoms with Gasteiger partial charge >= 0.3 is 0 Å². The van der Waals surface area contributed by atoms with Crippen LogP contribution in [0.3, 0.4) is 0 Å². The Bertz CT molecular complexity index is 780. The molecule has 2 heterocycles. The van der Waals surface area contributed by atoms with Gasteiger partial charge in [-0.1, -0.05) is 18.2 Å². The van der Waals surface area contributed by atoms with Crippen LogP contribution in [0.5, 0.6) is 0 Å². The summed E-state index contributed by atoms with van der Waals surface area (Å²) < 4.78 is 0. The van der Waals surface area contributed by atoms with Crippen LogP contribution >= 0.6 is 0 Å². The number of aromatic nitrogens is 1. The molecule has 26 heavy (non-hydrogen) atoms. The van der Waals surface area contributed by atoms with Crippen LogP contribution in [0.1, 0.15) is 16.8 Å². The highest BCUT2D eigenvalue weighted by Crippen LogP contribution is 2.24. The third-order valence-electron chi connectivity index (χ3n) is 4.22. The molecule has 0 aliphatic carbocycles. The summed E-state index contributed by atoms with van der Waals surface area (Å²) in [5, 5.41) is 5.51. The first-order chi connectivity index (χ1) is 12.6. The van der Waals surface area contributed by atoms with Crippen molar-refractivity contribution < 1.29 is 14.4 Å². The Morgan fingerprint density at radius 2 is 1.73 bits per heavy atom. The number of nitrogens with zero attached hydrogens (tertiary/aromatic N) is 2. The van der Waals surface area contributed by atoms with Crippen molar-refractivity contribution in [3.8, 4) is 0 Å². The average molecular weight is 352 g/mol. The molecule has 0 radical (unpaired) electrons. The van der Waals surface area contributed by atoms with E-state index >= 15 is 0 Å². The van der Waals surface area contributed by atoms with Crippen LogP contribution in [-0.4, -0.2) is 42.3 Å². The van der Waals surface area contributed by atoms with E-state index in [4.69, 9.17) is 0 Å². The van der Waals surface area contributed by atoms with Crippen LogP contribution in [0.2, 0.25) is 0 Å². The van der Waals surface area contributed by atoms with E-state index < -0.39 is 0 Å². The number of carbonyl (C=O) groups excluding carboxylic acids is 3. The summed E-state index contributed by atoms with van der Waals surface area (Å²) in [7, 11) is 0. The van der Waals surface area contributed by atoms with Crippen molar-refractivity contribution in [2.45, 2.75) is 6.42 Å². The predicted octanol–water partition coefficient (Wildman–Crippen LogP) is 0.981. The Morgan fingerprint density at radius 3 is 2.46 bits per heavy atom. The molecule has 7 nitrogen and oxygen atoms in total. The van der Waals surface area contributed by atoms with E-state index in [0.717, 1.165) is 5.69 Å². The van der Waals surface area contributed by atoms with Crippen LogP contribution in [0.25, 0.3) is 0 Å². The molecule has 3 amide bonds. The molecule has 3 rings (SSSR count). The minimum Gasteiger partial charge on any atom is -0.354 e. The van der Waals surface area contributed by atoms with Crippen LogP contribution in [0.4, 0.5) is 5.69 Å². The first-order valence-electron chi connectivity index (χ1n) is 8.46. The molecule has 1 atom stereocenters. The molecular formula is C19H20N4O3. The van der Waals surface area contributed by atoms with Gasteiger partial charge in [-0.3, -0.25) is 19.4 Å². The van der Waals surface area contributed by atoms with Gasteiger partial charge in [0, 0.05) is 49.7 Å². The highest BCUT2D eigenvalue weighted by Gasteiger charge is 2.34. The normalized spacial score (nSPS) is 16.4. The van der Waals surface area contributed by atoms with Gasteiger partial charge in [-0.05, 0) is 24.3 Å². The number of hydrogen-bond acceptors (Lipinski definition) is 4. The molecule has 1 aromatic carbocycles. The SMILES string of the molecule is O=C(NCCNC(=O)C1CC(=O)N(c2ccccc2)C1)c1ccncc1. The van der Waals surface area contributed by atoms with Gasteiger partial charge in [-0.2, -0.15) is 0 Å². The van der Waals surface area contributed by atoms with E-state index in [-0.39, 0.29) is 30.1 Å². The number of anilines is 1. The fourth-order valence-corrected chi connectivity index (χ4v) is 2.85. The molecule has 7 heteroatoms. The van der Waals surface area contributed by atoms with Crippen molar-refractivity contribution in [3.05, 3.63) is 60.4 Å². The van der Waals surface area contributed by atoms with Gasteiger partial charge in [0.05, 0.1) is 5.92 Å². The van der Waals surface area contributed by atoms with E-state index in [1.54, 1.807) is 29.4 Å². The van der Waals surface area contributed by atoms with Crippen molar-refractivity contribution >= 4 is 23.4 Å². The molecule has 1 aromatic heterocycles. The topological polar surface area (TPSA) is 91.4 Å². The number of hydrogen-bond donors (Lipinski definition) is 2. The smallest absolute Gasteiger partial charge is 0.251 e. The number of amides is 3. The zero-order chi connectivity index (χ0) is 18.4. The standard InChI is InChI=1S/C19H20N4O3/c24-17-12-15(13-23(17)16-4-2-1-3-5-16)19(26)22-11-10-21-18(25)14-6-8-20-9-7-14/h1-9,15H,10-13H2,(H,21,25)(H,22,26). The number of pyridine rings is 1. The Labute approximate surface area is 151 Å². The zero-order valence-electron chi connectivity index (χ0n) is 14.2. The Balaban J connectivity index is 1.43. The zero-order valence-corrected chi connectivity index (χ0v) is 14.2. The second-order valence-corrected chi connectivity index (χ2v) is 6.02. The van der Waals surface area contributed by atoms with Crippen LogP contribution in [0.15, 0.2) is 54.9 Å². The van der Waals surface area contributed by atoms with Crippen LogP contribution in [-0.2, 0) is 9.59 Å². The average Bonchev–Trinajstić information content (AvgIpc) is 3.08. The Morgan fingerprint density at radius 1 is 1.04 bits per heavy atom. The number of benzene rings is 1. The van der Waals surface area contributed by atoms with Crippen molar-refractivity contribution in [1.82, 2.24) is 15.6 Å². The summed E-state index contributed by atoms with van der Waals surface area (Å²) >= 11 is 0. The quantitative estimate of drug-likeness (QED) is 0.758. The van der Waals surface area contributed by atoms with Crippen molar-refractivity contribution in [1.29, 1.82) is 0 Å². The van der Waals surface area contributed by atoms with E-state index in [1.165, 1.54) is 0 Å². The fraction of sp³-hybridized carbons (Fsp3) is 0.263. The summed E-state index contributed by atoms with van der Waals surface area (Å²) in [6, 6.07) is 12.6. The van der Waals surface area contributed by atoms with E-state index in [1.807, 2.05) is 30.3 Å². The monoisotopic (exact) mass is 352 g/mol. The van der Waals surface area contributed by atoms with Crippen LogP contribution in [0, 0.1) is 5.92 Å². The molecule has 1 aliphatic heterocycles. The maximum atomic E-state index is 12.3. The first-order valence-corrected chi connectivity index (χ1v) is 8.46. The summed E-state index contributed by atoms with van der Waals surface area (Å²) in [6.45, 7) is 1.000. The lowest BCUT2D eigenvalue weighted by molar-refractivity contribution is -0.126.